The van der Waals surface area contributed by atoms with Gasteiger partial charge in [0.05, 0.1) is 0 Å². The molecule has 0 saturated carbocycles. The Bertz CT molecular complexity index is 723. The lowest BCUT2D eigenvalue weighted by Crippen LogP contribution is -2.35. The van der Waals surface area contributed by atoms with E-state index in [-0.39, 0.29) is 29.5 Å². The second-order valence-corrected chi connectivity index (χ2v) is 5.71. The average molecular weight is 332 g/mol. The van der Waals surface area contributed by atoms with Crippen LogP contribution in [0.4, 0.5) is 0 Å². The minimum Gasteiger partial charge on any atom is -0.492 e. The molecule has 2 N–H and O–H groups in total. The molecule has 8 nitrogen and oxygen atoms in total. The average Bonchev–Trinajstić information content (AvgIpc) is 3.05. The van der Waals surface area contributed by atoms with Crippen molar-refractivity contribution in [1.29, 1.82) is 0 Å². The Hall–Kier alpha value is -3.03. The monoisotopic (exact) mass is 332 g/mol. The van der Waals surface area contributed by atoms with Gasteiger partial charge in [-0.15, -0.1) is 4.73 Å². The molecule has 0 radical (unpaired) electrons. The van der Waals surface area contributed by atoms with Crippen LogP contribution in [-0.2, 0) is 14.4 Å². The summed E-state index contributed by atoms with van der Waals surface area (Å²) in [5.74, 6) is -1.96. The molecule has 3 rings (SSSR count). The molecule has 1 aliphatic carbocycles. The summed E-state index contributed by atoms with van der Waals surface area (Å²) < 4.78 is 0.641. The Balaban J connectivity index is 1.58. The second-order valence-electron chi connectivity index (χ2n) is 5.71. The smallest absolute Gasteiger partial charge is 0.359 e. The van der Waals surface area contributed by atoms with Gasteiger partial charge in [-0.1, -0.05) is 6.08 Å². The van der Waals surface area contributed by atoms with Crippen LogP contribution in [0.1, 0.15) is 19.3 Å². The SMILES string of the molecule is O=C(On1c(O)ccc1O)C1=CCC(CN2C(=O)C=CC2=O)CC1. The molecule has 1 aromatic rings. The van der Waals surface area contributed by atoms with Gasteiger partial charge in [0.2, 0.25) is 11.8 Å². The predicted molar refractivity (Wildman–Crippen MR) is 80.6 cm³/mol. The largest absolute Gasteiger partial charge is 0.492 e. The van der Waals surface area contributed by atoms with Crippen molar-refractivity contribution in [3.05, 3.63) is 35.9 Å². The predicted octanol–water partition coefficient (Wildman–Crippen LogP) is 0.506. The summed E-state index contributed by atoms with van der Waals surface area (Å²) in [6.07, 6.45) is 5.79. The highest BCUT2D eigenvalue weighted by atomic mass is 16.7. The fraction of sp³-hybridized carbons (Fsp3) is 0.312. The summed E-state index contributed by atoms with van der Waals surface area (Å²) in [6, 6.07) is 2.40. The zero-order valence-corrected chi connectivity index (χ0v) is 12.7. The summed E-state index contributed by atoms with van der Waals surface area (Å²) in [5.41, 5.74) is 0.427. The van der Waals surface area contributed by atoms with Crippen molar-refractivity contribution >= 4 is 17.8 Å². The summed E-state index contributed by atoms with van der Waals surface area (Å²) in [4.78, 5) is 41.3. The summed E-state index contributed by atoms with van der Waals surface area (Å²) >= 11 is 0. The zero-order chi connectivity index (χ0) is 17.3. The molecule has 2 heterocycles. The number of hydrogen-bond donors (Lipinski definition) is 2. The van der Waals surface area contributed by atoms with Crippen LogP contribution >= 0.6 is 0 Å². The van der Waals surface area contributed by atoms with Crippen LogP contribution in [0.2, 0.25) is 0 Å². The van der Waals surface area contributed by atoms with Crippen LogP contribution in [0, 0.1) is 5.92 Å². The van der Waals surface area contributed by atoms with Crippen molar-refractivity contribution in [1.82, 2.24) is 9.63 Å². The van der Waals surface area contributed by atoms with Crippen LogP contribution in [0.5, 0.6) is 11.8 Å². The maximum atomic E-state index is 12.1. The summed E-state index contributed by atoms with van der Waals surface area (Å²) in [7, 11) is 0. The first-order valence-corrected chi connectivity index (χ1v) is 7.50. The van der Waals surface area contributed by atoms with Crippen molar-refractivity contribution in [2.24, 2.45) is 5.92 Å². The molecule has 0 spiro atoms. The molecular weight excluding hydrogens is 316 g/mol. The van der Waals surface area contributed by atoms with Gasteiger partial charge in [0, 0.05) is 36.4 Å². The Morgan fingerprint density at radius 3 is 2.33 bits per heavy atom. The van der Waals surface area contributed by atoms with E-state index >= 15 is 0 Å². The van der Waals surface area contributed by atoms with Crippen LogP contribution in [0.15, 0.2) is 35.9 Å². The highest BCUT2D eigenvalue weighted by Gasteiger charge is 2.28. The Labute approximate surface area is 137 Å². The molecule has 0 bridgehead atoms. The maximum Gasteiger partial charge on any atom is 0.359 e. The van der Waals surface area contributed by atoms with E-state index < -0.39 is 5.97 Å². The van der Waals surface area contributed by atoms with Crippen molar-refractivity contribution < 1.29 is 29.4 Å². The number of aromatic hydroxyl groups is 2. The number of nitrogens with zero attached hydrogens (tertiary/aromatic N) is 2. The third-order valence-electron chi connectivity index (χ3n) is 4.09. The van der Waals surface area contributed by atoms with Gasteiger partial charge in [-0.25, -0.2) is 4.79 Å². The molecule has 126 valence electrons. The third kappa shape index (κ3) is 3.03. The summed E-state index contributed by atoms with van der Waals surface area (Å²) in [6.45, 7) is 0.322. The molecule has 1 unspecified atom stereocenters. The molecule has 1 atom stereocenters. The van der Waals surface area contributed by atoms with E-state index in [1.165, 1.54) is 29.2 Å². The fourth-order valence-corrected chi connectivity index (χ4v) is 2.75. The van der Waals surface area contributed by atoms with E-state index in [1.54, 1.807) is 6.08 Å². The number of allylic oxidation sites excluding steroid dienone is 1. The normalized spacial score (nSPS) is 20.4. The lowest BCUT2D eigenvalue weighted by molar-refractivity contribution is -0.141. The zero-order valence-electron chi connectivity index (χ0n) is 12.7. The Morgan fingerprint density at radius 2 is 1.79 bits per heavy atom. The first-order chi connectivity index (χ1) is 11.5. The van der Waals surface area contributed by atoms with E-state index in [0.29, 0.717) is 36.1 Å². The maximum absolute atomic E-state index is 12.1. The van der Waals surface area contributed by atoms with Gasteiger partial charge in [0.1, 0.15) is 0 Å². The van der Waals surface area contributed by atoms with E-state index in [2.05, 4.69) is 0 Å². The molecule has 1 aromatic heterocycles. The lowest BCUT2D eigenvalue weighted by atomic mass is 9.89. The topological polar surface area (TPSA) is 109 Å². The number of imide groups is 1. The van der Waals surface area contributed by atoms with Gasteiger partial charge in [-0.2, -0.15) is 0 Å². The molecular formula is C16H16N2O6. The Kier molecular flexibility index (Phi) is 4.11. The van der Waals surface area contributed by atoms with Gasteiger partial charge in [0.25, 0.3) is 11.8 Å². The molecule has 0 fully saturated rings. The van der Waals surface area contributed by atoms with Crippen LogP contribution in [-0.4, -0.2) is 44.2 Å². The third-order valence-corrected chi connectivity index (χ3v) is 4.09. The molecule has 1 aliphatic heterocycles. The van der Waals surface area contributed by atoms with E-state index in [1.807, 2.05) is 0 Å². The Morgan fingerprint density at radius 1 is 1.17 bits per heavy atom. The molecule has 0 aromatic carbocycles. The van der Waals surface area contributed by atoms with Gasteiger partial charge < -0.3 is 15.1 Å². The van der Waals surface area contributed by atoms with Crippen LogP contribution in [0.25, 0.3) is 0 Å². The number of rotatable bonds is 4. The number of hydrogen-bond acceptors (Lipinski definition) is 6. The van der Waals surface area contributed by atoms with Crippen molar-refractivity contribution in [3.63, 3.8) is 0 Å². The van der Waals surface area contributed by atoms with Crippen molar-refractivity contribution in [2.75, 3.05) is 6.54 Å². The number of carbonyl (C=O) groups is 3. The van der Waals surface area contributed by atoms with Crippen molar-refractivity contribution in [2.45, 2.75) is 19.3 Å². The number of aromatic nitrogens is 1. The first kappa shape index (κ1) is 15.9. The van der Waals surface area contributed by atoms with E-state index in [0.717, 1.165) is 0 Å². The second kappa shape index (κ2) is 6.23. The van der Waals surface area contributed by atoms with Crippen LogP contribution in [0.3, 0.4) is 0 Å². The number of carbonyl (C=O) groups excluding carboxylic acids is 3. The molecule has 2 aliphatic rings. The van der Waals surface area contributed by atoms with Gasteiger partial charge in [-0.05, 0) is 25.2 Å². The standard InChI is InChI=1S/C16H16N2O6/c19-12-5-6-13(20)17(12)9-10-1-3-11(4-2-10)16(23)24-18-14(21)7-8-15(18)22/h3,5-8,10,21-22H,1-2,4,9H2. The van der Waals surface area contributed by atoms with Gasteiger partial charge >= 0.3 is 5.97 Å². The van der Waals surface area contributed by atoms with E-state index in [4.69, 9.17) is 4.84 Å². The molecule has 2 amide bonds. The first-order valence-electron chi connectivity index (χ1n) is 7.50. The minimum absolute atomic E-state index is 0.0859. The van der Waals surface area contributed by atoms with Crippen molar-refractivity contribution in [3.8, 4) is 11.8 Å². The minimum atomic E-state index is -0.662. The van der Waals surface area contributed by atoms with Crippen LogP contribution < -0.4 is 4.84 Å². The summed E-state index contributed by atoms with van der Waals surface area (Å²) in [5, 5.41) is 18.9. The molecule has 8 heteroatoms. The lowest BCUT2D eigenvalue weighted by Gasteiger charge is -2.25. The highest BCUT2D eigenvalue weighted by molar-refractivity contribution is 6.12. The van der Waals surface area contributed by atoms with E-state index in [9.17, 15) is 24.6 Å². The quantitative estimate of drug-likeness (QED) is 0.778. The van der Waals surface area contributed by atoms with Gasteiger partial charge in [-0.3, -0.25) is 14.5 Å². The van der Waals surface area contributed by atoms with Gasteiger partial charge in [0.15, 0.2) is 0 Å². The molecule has 24 heavy (non-hydrogen) atoms. The molecule has 0 saturated heterocycles. The number of amides is 2. The highest BCUT2D eigenvalue weighted by Crippen LogP contribution is 2.26. The fourth-order valence-electron chi connectivity index (χ4n) is 2.75.